The summed E-state index contributed by atoms with van der Waals surface area (Å²) >= 11 is 1.42. The lowest BCUT2D eigenvalue weighted by Gasteiger charge is -2.10. The Labute approximate surface area is 164 Å². The lowest BCUT2D eigenvalue weighted by molar-refractivity contribution is -0.113. The van der Waals surface area contributed by atoms with E-state index in [1.54, 1.807) is 26.0 Å². The van der Waals surface area contributed by atoms with Crippen LogP contribution in [0.2, 0.25) is 0 Å². The van der Waals surface area contributed by atoms with Crippen LogP contribution in [-0.2, 0) is 14.8 Å². The van der Waals surface area contributed by atoms with Crippen molar-refractivity contribution in [2.75, 3.05) is 17.7 Å². The summed E-state index contributed by atoms with van der Waals surface area (Å²) in [5.74, 6) is 0.890. The van der Waals surface area contributed by atoms with Crippen LogP contribution in [0.5, 0.6) is 5.75 Å². The monoisotopic (exact) mass is 408 g/mol. The molecule has 1 amide bonds. The van der Waals surface area contributed by atoms with E-state index >= 15 is 0 Å². The topological polar surface area (TPSA) is 84.5 Å². The van der Waals surface area contributed by atoms with E-state index in [2.05, 4.69) is 10.0 Å². The maximum Gasteiger partial charge on any atom is 0.240 e. The first-order valence-corrected chi connectivity index (χ1v) is 11.0. The van der Waals surface area contributed by atoms with E-state index in [0.717, 1.165) is 10.6 Å². The van der Waals surface area contributed by atoms with Gasteiger partial charge in [0.05, 0.1) is 17.3 Å². The number of ether oxygens (including phenoxy) is 1. The molecule has 0 aliphatic rings. The summed E-state index contributed by atoms with van der Waals surface area (Å²) in [4.78, 5) is 13.2. The van der Waals surface area contributed by atoms with Crippen LogP contribution in [-0.4, -0.2) is 32.7 Å². The first-order chi connectivity index (χ1) is 12.8. The molecule has 0 fully saturated rings. The molecule has 0 bridgehead atoms. The van der Waals surface area contributed by atoms with Crippen molar-refractivity contribution < 1.29 is 17.9 Å². The molecule has 8 heteroatoms. The first-order valence-electron chi connectivity index (χ1n) is 8.58. The van der Waals surface area contributed by atoms with E-state index in [9.17, 15) is 13.2 Å². The van der Waals surface area contributed by atoms with Crippen LogP contribution < -0.4 is 14.8 Å². The molecule has 0 heterocycles. The fourth-order valence-electron chi connectivity index (χ4n) is 2.24. The van der Waals surface area contributed by atoms with Crippen molar-refractivity contribution in [1.29, 1.82) is 0 Å². The number of sulfonamides is 1. The highest BCUT2D eigenvalue weighted by Gasteiger charge is 2.15. The zero-order valence-corrected chi connectivity index (χ0v) is 17.2. The second-order valence-electron chi connectivity index (χ2n) is 6.04. The van der Waals surface area contributed by atoms with Crippen molar-refractivity contribution in [3.8, 4) is 5.75 Å². The van der Waals surface area contributed by atoms with Gasteiger partial charge in [0, 0.05) is 16.6 Å². The third-order valence-electron chi connectivity index (χ3n) is 3.34. The minimum Gasteiger partial charge on any atom is -0.494 e. The number of carbonyl (C=O) groups is 1. The SMILES string of the molecule is CCOc1ccc(SCC(=O)Nc2ccc(S(=O)(=O)NC(C)C)cc2)cc1. The maximum absolute atomic E-state index is 12.1. The molecule has 27 heavy (non-hydrogen) atoms. The van der Waals surface area contributed by atoms with E-state index < -0.39 is 10.0 Å². The number of amides is 1. The maximum atomic E-state index is 12.1. The number of rotatable bonds is 9. The van der Waals surface area contributed by atoms with E-state index in [4.69, 9.17) is 4.74 Å². The Hall–Kier alpha value is -2.03. The van der Waals surface area contributed by atoms with Crippen LogP contribution in [0.3, 0.4) is 0 Å². The van der Waals surface area contributed by atoms with Gasteiger partial charge in [-0.3, -0.25) is 4.79 Å². The lowest BCUT2D eigenvalue weighted by Crippen LogP contribution is -2.30. The van der Waals surface area contributed by atoms with E-state index in [1.807, 2.05) is 31.2 Å². The van der Waals surface area contributed by atoms with Gasteiger partial charge in [0.2, 0.25) is 15.9 Å². The van der Waals surface area contributed by atoms with Gasteiger partial charge in [0.1, 0.15) is 5.75 Å². The zero-order chi connectivity index (χ0) is 19.9. The Kier molecular flexibility index (Phi) is 7.70. The second kappa shape index (κ2) is 9.77. The Morgan fingerprint density at radius 1 is 1.07 bits per heavy atom. The standard InChI is InChI=1S/C19H24N2O4S2/c1-4-25-16-7-9-17(10-8-16)26-13-19(22)20-15-5-11-18(12-6-15)27(23,24)21-14(2)3/h5-12,14,21H,4,13H2,1-3H3,(H,20,22). The smallest absolute Gasteiger partial charge is 0.240 e. The molecule has 0 saturated carbocycles. The Morgan fingerprint density at radius 2 is 1.70 bits per heavy atom. The minimum absolute atomic E-state index is 0.162. The van der Waals surface area contributed by atoms with Crippen LogP contribution in [0, 0.1) is 0 Å². The molecule has 146 valence electrons. The molecule has 0 saturated heterocycles. The Balaban J connectivity index is 1.88. The Bertz CT molecular complexity index is 848. The van der Waals surface area contributed by atoms with Crippen LogP contribution >= 0.6 is 11.8 Å². The molecule has 2 aromatic rings. The molecule has 2 aromatic carbocycles. The average Bonchev–Trinajstić information content (AvgIpc) is 2.61. The quantitative estimate of drug-likeness (QED) is 0.621. The predicted octanol–water partition coefficient (Wildman–Crippen LogP) is 3.50. The van der Waals surface area contributed by atoms with Gasteiger partial charge in [-0.05, 0) is 69.3 Å². The van der Waals surface area contributed by atoms with Crippen LogP contribution in [0.25, 0.3) is 0 Å². The molecule has 2 N–H and O–H groups in total. The molecule has 0 spiro atoms. The zero-order valence-electron chi connectivity index (χ0n) is 15.6. The molecule has 2 rings (SSSR count). The molecule has 0 atom stereocenters. The minimum atomic E-state index is -3.54. The summed E-state index contributed by atoms with van der Waals surface area (Å²) in [6.07, 6.45) is 0. The highest BCUT2D eigenvalue weighted by molar-refractivity contribution is 8.00. The number of nitrogens with one attached hydrogen (secondary N) is 2. The number of thioether (sulfide) groups is 1. The molecular weight excluding hydrogens is 384 g/mol. The average molecular weight is 409 g/mol. The Morgan fingerprint density at radius 3 is 2.26 bits per heavy atom. The fraction of sp³-hybridized carbons (Fsp3) is 0.316. The van der Waals surface area contributed by atoms with Gasteiger partial charge in [0.15, 0.2) is 0 Å². The van der Waals surface area contributed by atoms with E-state index in [1.165, 1.54) is 23.9 Å². The van der Waals surface area contributed by atoms with Crippen LogP contribution in [0.4, 0.5) is 5.69 Å². The van der Waals surface area contributed by atoms with Crippen molar-refractivity contribution in [3.05, 3.63) is 48.5 Å². The van der Waals surface area contributed by atoms with Gasteiger partial charge in [-0.2, -0.15) is 0 Å². The summed E-state index contributed by atoms with van der Waals surface area (Å²) in [5.41, 5.74) is 0.552. The van der Waals surface area contributed by atoms with Crippen molar-refractivity contribution in [1.82, 2.24) is 4.72 Å². The molecule has 0 aromatic heterocycles. The third kappa shape index (κ3) is 6.89. The van der Waals surface area contributed by atoms with Crippen molar-refractivity contribution in [2.45, 2.75) is 36.6 Å². The third-order valence-corrected chi connectivity index (χ3v) is 6.03. The van der Waals surface area contributed by atoms with Crippen LogP contribution in [0.1, 0.15) is 20.8 Å². The van der Waals surface area contributed by atoms with Gasteiger partial charge in [-0.1, -0.05) is 0 Å². The van der Waals surface area contributed by atoms with Gasteiger partial charge in [0.25, 0.3) is 0 Å². The predicted molar refractivity (Wildman–Crippen MR) is 109 cm³/mol. The fourth-order valence-corrected chi connectivity index (χ4v) is 4.19. The summed E-state index contributed by atoms with van der Waals surface area (Å²) in [7, 11) is -3.54. The molecule has 0 aliphatic carbocycles. The number of hydrogen-bond acceptors (Lipinski definition) is 5. The van der Waals surface area contributed by atoms with Gasteiger partial charge >= 0.3 is 0 Å². The van der Waals surface area contributed by atoms with Crippen molar-refractivity contribution >= 4 is 33.4 Å². The van der Waals surface area contributed by atoms with Crippen molar-refractivity contribution in [3.63, 3.8) is 0 Å². The number of carbonyl (C=O) groups excluding carboxylic acids is 1. The summed E-state index contributed by atoms with van der Waals surface area (Å²) in [6.45, 7) is 6.06. The van der Waals surface area contributed by atoms with Crippen molar-refractivity contribution in [2.24, 2.45) is 0 Å². The molecule has 0 unspecified atom stereocenters. The molecular formula is C19H24N2O4S2. The molecule has 0 aliphatic heterocycles. The highest BCUT2D eigenvalue weighted by Crippen LogP contribution is 2.22. The highest BCUT2D eigenvalue weighted by atomic mass is 32.2. The van der Waals surface area contributed by atoms with E-state index in [-0.39, 0.29) is 22.6 Å². The second-order valence-corrected chi connectivity index (χ2v) is 8.80. The summed E-state index contributed by atoms with van der Waals surface area (Å²) in [5, 5.41) is 2.76. The van der Waals surface area contributed by atoms with Gasteiger partial charge < -0.3 is 10.1 Å². The van der Waals surface area contributed by atoms with Crippen LogP contribution in [0.15, 0.2) is 58.3 Å². The van der Waals surface area contributed by atoms with Gasteiger partial charge in [-0.15, -0.1) is 11.8 Å². The van der Waals surface area contributed by atoms with Gasteiger partial charge in [-0.25, -0.2) is 13.1 Å². The number of benzene rings is 2. The summed E-state index contributed by atoms with van der Waals surface area (Å²) < 4.78 is 32.1. The largest absolute Gasteiger partial charge is 0.494 e. The summed E-state index contributed by atoms with van der Waals surface area (Å²) in [6, 6.07) is 13.5. The number of hydrogen-bond donors (Lipinski definition) is 2. The normalized spacial score (nSPS) is 11.4. The first kappa shape index (κ1) is 21.3. The number of anilines is 1. The van der Waals surface area contributed by atoms with E-state index in [0.29, 0.717) is 12.3 Å². The lowest BCUT2D eigenvalue weighted by atomic mass is 10.3. The molecule has 0 radical (unpaired) electrons. The molecule has 6 nitrogen and oxygen atoms in total.